The number of methoxy groups -OCH3 is 1. The zero-order valence-corrected chi connectivity index (χ0v) is 17.8. The van der Waals surface area contributed by atoms with Gasteiger partial charge in [0.25, 0.3) is 15.7 Å². The van der Waals surface area contributed by atoms with Crippen molar-refractivity contribution in [1.82, 2.24) is 0 Å². The molecule has 30 heavy (non-hydrogen) atoms. The van der Waals surface area contributed by atoms with Crippen molar-refractivity contribution in [3.63, 3.8) is 0 Å². The van der Waals surface area contributed by atoms with E-state index in [0.29, 0.717) is 16.5 Å². The van der Waals surface area contributed by atoms with Crippen LogP contribution in [0.1, 0.15) is 18.5 Å². The smallest absolute Gasteiger partial charge is 0.269 e. The summed E-state index contributed by atoms with van der Waals surface area (Å²) >= 11 is 6.12. The molecule has 1 unspecified atom stereocenters. The summed E-state index contributed by atoms with van der Waals surface area (Å²) in [7, 11) is -2.50. The minimum atomic E-state index is -4.06. The summed E-state index contributed by atoms with van der Waals surface area (Å²) in [6, 6.07) is 17.8. The van der Waals surface area contributed by atoms with Crippen molar-refractivity contribution in [3.8, 4) is 5.75 Å². The van der Waals surface area contributed by atoms with Crippen LogP contribution in [-0.4, -0.2) is 20.5 Å². The van der Waals surface area contributed by atoms with Gasteiger partial charge in [0.05, 0.1) is 28.7 Å². The van der Waals surface area contributed by atoms with E-state index in [2.05, 4.69) is 0 Å². The second-order valence-corrected chi connectivity index (χ2v) is 8.73. The van der Waals surface area contributed by atoms with Gasteiger partial charge in [0.2, 0.25) is 0 Å². The Hall–Kier alpha value is -3.10. The van der Waals surface area contributed by atoms with Gasteiger partial charge in [-0.3, -0.25) is 14.4 Å². The normalized spacial score (nSPS) is 12.2. The van der Waals surface area contributed by atoms with Gasteiger partial charge in [-0.25, -0.2) is 8.42 Å². The molecule has 3 aromatic carbocycles. The van der Waals surface area contributed by atoms with Gasteiger partial charge in [-0.15, -0.1) is 0 Å². The van der Waals surface area contributed by atoms with Gasteiger partial charge in [-0.1, -0.05) is 29.8 Å². The molecule has 0 aliphatic heterocycles. The van der Waals surface area contributed by atoms with E-state index in [9.17, 15) is 18.5 Å². The van der Waals surface area contributed by atoms with Crippen molar-refractivity contribution < 1.29 is 18.1 Å². The lowest BCUT2D eigenvalue weighted by atomic mass is 10.1. The Balaban J connectivity index is 2.11. The number of hydrogen-bond acceptors (Lipinski definition) is 5. The van der Waals surface area contributed by atoms with E-state index < -0.39 is 21.0 Å². The molecule has 0 amide bonds. The first-order valence-corrected chi connectivity index (χ1v) is 10.7. The topological polar surface area (TPSA) is 89.8 Å². The van der Waals surface area contributed by atoms with Crippen LogP contribution in [0.4, 0.5) is 11.4 Å². The highest BCUT2D eigenvalue weighted by atomic mass is 35.5. The van der Waals surface area contributed by atoms with Crippen LogP contribution in [0.15, 0.2) is 77.7 Å². The fourth-order valence-corrected chi connectivity index (χ4v) is 4.88. The average Bonchev–Trinajstić information content (AvgIpc) is 2.74. The third kappa shape index (κ3) is 4.39. The number of rotatable bonds is 7. The number of nitrogens with zero attached hydrogens (tertiary/aromatic N) is 2. The van der Waals surface area contributed by atoms with E-state index in [1.54, 1.807) is 62.6 Å². The van der Waals surface area contributed by atoms with Gasteiger partial charge in [0.1, 0.15) is 5.75 Å². The maximum atomic E-state index is 13.6. The lowest BCUT2D eigenvalue weighted by Gasteiger charge is -2.31. The third-order valence-electron chi connectivity index (χ3n) is 4.62. The van der Waals surface area contributed by atoms with Crippen LogP contribution in [0, 0.1) is 10.1 Å². The maximum Gasteiger partial charge on any atom is 0.269 e. The number of anilines is 1. The van der Waals surface area contributed by atoms with E-state index in [4.69, 9.17) is 16.3 Å². The lowest BCUT2D eigenvalue weighted by Crippen LogP contribution is -2.33. The van der Waals surface area contributed by atoms with Gasteiger partial charge >= 0.3 is 0 Å². The third-order valence-corrected chi connectivity index (χ3v) is 6.76. The highest BCUT2D eigenvalue weighted by molar-refractivity contribution is 7.92. The Labute approximate surface area is 179 Å². The van der Waals surface area contributed by atoms with Crippen molar-refractivity contribution >= 4 is 33.0 Å². The molecule has 0 spiro atoms. The highest BCUT2D eigenvalue weighted by Gasteiger charge is 2.31. The van der Waals surface area contributed by atoms with Crippen LogP contribution in [0.5, 0.6) is 5.75 Å². The Morgan fingerprint density at radius 3 is 2.20 bits per heavy atom. The van der Waals surface area contributed by atoms with E-state index in [-0.39, 0.29) is 10.6 Å². The summed E-state index contributed by atoms with van der Waals surface area (Å²) in [4.78, 5) is 10.3. The minimum Gasteiger partial charge on any atom is -0.497 e. The molecule has 0 N–H and O–H groups in total. The molecule has 0 radical (unpaired) electrons. The first-order chi connectivity index (χ1) is 14.2. The van der Waals surface area contributed by atoms with Crippen molar-refractivity contribution in [2.45, 2.75) is 17.9 Å². The van der Waals surface area contributed by atoms with Crippen molar-refractivity contribution in [1.29, 1.82) is 0 Å². The summed E-state index contributed by atoms with van der Waals surface area (Å²) in [5.74, 6) is 0.651. The summed E-state index contributed by atoms with van der Waals surface area (Å²) in [5.41, 5.74) is 0.928. The van der Waals surface area contributed by atoms with Crippen LogP contribution < -0.4 is 9.04 Å². The highest BCUT2D eigenvalue weighted by Crippen LogP contribution is 2.35. The summed E-state index contributed by atoms with van der Waals surface area (Å²) < 4.78 is 33.5. The van der Waals surface area contributed by atoms with Crippen LogP contribution >= 0.6 is 11.6 Å². The molecule has 3 rings (SSSR count). The quantitative estimate of drug-likeness (QED) is 0.367. The molecule has 0 saturated carbocycles. The molecule has 3 aromatic rings. The molecule has 0 fully saturated rings. The Kier molecular flexibility index (Phi) is 6.28. The summed E-state index contributed by atoms with van der Waals surface area (Å²) in [5, 5.41) is 11.3. The average molecular weight is 447 g/mol. The molecule has 156 valence electrons. The SMILES string of the molecule is COc1ccc(C(C)N(c2cccc(Cl)c2)S(=O)(=O)c2ccc([N+](=O)[O-])cc2)cc1. The van der Waals surface area contributed by atoms with Crippen LogP contribution in [0.25, 0.3) is 0 Å². The fraction of sp³-hybridized carbons (Fsp3) is 0.143. The summed E-state index contributed by atoms with van der Waals surface area (Å²) in [6.07, 6.45) is 0. The molecule has 1 atom stereocenters. The monoisotopic (exact) mass is 446 g/mol. The second-order valence-electron chi connectivity index (χ2n) is 6.48. The molecule has 0 aromatic heterocycles. The van der Waals surface area contributed by atoms with Gasteiger partial charge in [-0.2, -0.15) is 0 Å². The number of non-ortho nitro benzene ring substituents is 1. The molecule has 9 heteroatoms. The van der Waals surface area contributed by atoms with Crippen LogP contribution in [0.3, 0.4) is 0 Å². The van der Waals surface area contributed by atoms with E-state index in [1.807, 2.05) is 0 Å². The Bertz CT molecular complexity index is 1150. The van der Waals surface area contributed by atoms with Crippen molar-refractivity contribution in [3.05, 3.63) is 93.5 Å². The standard InChI is InChI=1S/C21H19ClN2O5S/c1-15(16-6-10-20(29-2)11-7-16)23(19-5-3-4-17(22)14-19)30(27,28)21-12-8-18(9-13-21)24(25)26/h3-15H,1-2H3. The second kappa shape index (κ2) is 8.73. The zero-order chi connectivity index (χ0) is 21.9. The minimum absolute atomic E-state index is 0.0616. The molecule has 0 aliphatic carbocycles. The zero-order valence-electron chi connectivity index (χ0n) is 16.2. The van der Waals surface area contributed by atoms with Gasteiger partial charge < -0.3 is 4.74 Å². The molecule has 7 nitrogen and oxygen atoms in total. The van der Waals surface area contributed by atoms with Crippen LogP contribution in [-0.2, 0) is 10.0 Å². The first kappa shape index (κ1) is 21.6. The Morgan fingerprint density at radius 2 is 1.67 bits per heavy atom. The lowest BCUT2D eigenvalue weighted by molar-refractivity contribution is -0.384. The van der Waals surface area contributed by atoms with Crippen molar-refractivity contribution in [2.75, 3.05) is 11.4 Å². The number of nitro benzene ring substituents is 1. The predicted octanol–water partition coefficient (Wildman–Crippen LogP) is 5.21. The van der Waals surface area contributed by atoms with E-state index in [0.717, 1.165) is 5.56 Å². The van der Waals surface area contributed by atoms with Crippen LogP contribution in [0.2, 0.25) is 5.02 Å². The van der Waals surface area contributed by atoms with Gasteiger partial charge in [0.15, 0.2) is 0 Å². The Morgan fingerprint density at radius 1 is 1.03 bits per heavy atom. The molecule has 0 bridgehead atoms. The molecule has 0 saturated heterocycles. The van der Waals surface area contributed by atoms with Gasteiger partial charge in [0, 0.05) is 17.2 Å². The largest absolute Gasteiger partial charge is 0.497 e. The molecular weight excluding hydrogens is 428 g/mol. The first-order valence-electron chi connectivity index (χ1n) is 8.92. The number of halogens is 1. The van der Waals surface area contributed by atoms with E-state index >= 15 is 0 Å². The van der Waals surface area contributed by atoms with E-state index in [1.165, 1.54) is 28.6 Å². The maximum absolute atomic E-state index is 13.6. The summed E-state index contributed by atoms with van der Waals surface area (Å²) in [6.45, 7) is 1.76. The number of sulfonamides is 1. The molecular formula is C21H19ClN2O5S. The molecule has 0 aliphatic rings. The number of ether oxygens (including phenoxy) is 1. The van der Waals surface area contributed by atoms with Gasteiger partial charge in [-0.05, 0) is 55.0 Å². The molecule has 0 heterocycles. The fourth-order valence-electron chi connectivity index (χ4n) is 3.05. The number of benzene rings is 3. The predicted molar refractivity (Wildman–Crippen MR) is 116 cm³/mol. The number of hydrogen-bond donors (Lipinski definition) is 0. The van der Waals surface area contributed by atoms with Crippen molar-refractivity contribution in [2.24, 2.45) is 0 Å². The number of nitro groups is 1.